The van der Waals surface area contributed by atoms with Crippen molar-refractivity contribution in [3.8, 4) is 5.75 Å². The summed E-state index contributed by atoms with van der Waals surface area (Å²) < 4.78 is 66.5. The number of nitrogens with zero attached hydrogens (tertiary/aromatic N) is 1. The van der Waals surface area contributed by atoms with Gasteiger partial charge in [-0.3, -0.25) is 4.79 Å². The van der Waals surface area contributed by atoms with E-state index < -0.39 is 27.1 Å². The summed E-state index contributed by atoms with van der Waals surface area (Å²) in [6.07, 6.45) is 0.867. The van der Waals surface area contributed by atoms with E-state index in [1.165, 1.54) is 38.5 Å². The average molecular weight is 471 g/mol. The number of carbonyl (C=O) groups is 1. The first-order valence-electron chi connectivity index (χ1n) is 9.08. The number of carbonyl (C=O) groups excluding carboxylic acids is 1. The molecule has 1 amide bonds. The van der Waals surface area contributed by atoms with Crippen molar-refractivity contribution < 1.29 is 36.4 Å². The normalized spacial score (nSPS) is 17.6. The van der Waals surface area contributed by atoms with Crippen LogP contribution in [0.3, 0.4) is 0 Å². The Kier molecular flexibility index (Phi) is 8.98. The summed E-state index contributed by atoms with van der Waals surface area (Å²) >= 11 is -0.183. The minimum atomic E-state index is -4.34. The van der Waals surface area contributed by atoms with Gasteiger partial charge in [0.1, 0.15) is 22.8 Å². The number of thioether (sulfide) groups is 1. The van der Waals surface area contributed by atoms with E-state index in [9.17, 15) is 22.2 Å². The summed E-state index contributed by atoms with van der Waals surface area (Å²) in [6, 6.07) is 5.70. The molecule has 1 unspecified atom stereocenters. The van der Waals surface area contributed by atoms with E-state index >= 15 is 0 Å². The standard InChI is InChI=1S/C18H25F3N2O5S2/c1-26-11-17(12-27-2,16(22)24)30(25)23-9-7-14(8-10-23)28-13-3-5-15(6-4-13)29-18(19,20)21/h3-6,14H,7-12H2,1-2H3,(H2,22,24). The van der Waals surface area contributed by atoms with Gasteiger partial charge in [0.2, 0.25) is 5.91 Å². The van der Waals surface area contributed by atoms with Crippen molar-refractivity contribution in [1.29, 1.82) is 0 Å². The van der Waals surface area contributed by atoms with Gasteiger partial charge in [0.05, 0.1) is 13.2 Å². The maximum atomic E-state index is 13.1. The molecule has 0 radical (unpaired) electrons. The fraction of sp³-hybridized carbons (Fsp3) is 0.611. The molecule has 1 heterocycles. The van der Waals surface area contributed by atoms with E-state index in [-0.39, 0.29) is 36.0 Å². The van der Waals surface area contributed by atoms with Gasteiger partial charge in [-0.05, 0) is 48.9 Å². The number of piperidine rings is 1. The third-order valence-electron chi connectivity index (χ3n) is 4.53. The number of rotatable bonds is 10. The van der Waals surface area contributed by atoms with Crippen molar-refractivity contribution in [2.75, 3.05) is 40.5 Å². The van der Waals surface area contributed by atoms with E-state index in [4.69, 9.17) is 19.9 Å². The maximum absolute atomic E-state index is 13.1. The van der Waals surface area contributed by atoms with Gasteiger partial charge >= 0.3 is 5.51 Å². The number of hydrogen-bond donors (Lipinski definition) is 1. The molecule has 30 heavy (non-hydrogen) atoms. The van der Waals surface area contributed by atoms with Gasteiger partial charge in [-0.2, -0.15) is 13.2 Å². The molecule has 7 nitrogen and oxygen atoms in total. The topological polar surface area (TPSA) is 91.1 Å². The lowest BCUT2D eigenvalue weighted by Gasteiger charge is -2.37. The Morgan fingerprint density at radius 3 is 2.13 bits per heavy atom. The first-order valence-corrected chi connectivity index (χ1v) is 11.0. The van der Waals surface area contributed by atoms with Gasteiger partial charge in [0.25, 0.3) is 0 Å². The molecule has 2 rings (SSSR count). The number of halogens is 3. The van der Waals surface area contributed by atoms with Crippen molar-refractivity contribution in [3.05, 3.63) is 24.3 Å². The lowest BCUT2D eigenvalue weighted by atomic mass is 10.1. The minimum absolute atomic E-state index is 0.0825. The molecule has 0 saturated carbocycles. The van der Waals surface area contributed by atoms with Crippen LogP contribution in [0.5, 0.6) is 5.75 Å². The van der Waals surface area contributed by atoms with E-state index in [2.05, 4.69) is 0 Å². The highest BCUT2D eigenvalue weighted by Crippen LogP contribution is 2.37. The molecule has 0 aliphatic carbocycles. The van der Waals surface area contributed by atoms with Crippen LogP contribution in [0.4, 0.5) is 13.2 Å². The average Bonchev–Trinajstić information content (AvgIpc) is 2.68. The summed E-state index contributed by atoms with van der Waals surface area (Å²) in [6.45, 7) is 0.506. The summed E-state index contributed by atoms with van der Waals surface area (Å²) in [7, 11) is 1.02. The van der Waals surface area contributed by atoms with E-state index in [1.807, 2.05) is 0 Å². The molecule has 170 valence electrons. The Hall–Kier alpha value is -1.34. The molecule has 1 aliphatic rings. The number of hydrogen-bond acceptors (Lipinski definition) is 6. The van der Waals surface area contributed by atoms with Crippen LogP contribution in [-0.2, 0) is 25.3 Å². The predicted molar refractivity (Wildman–Crippen MR) is 107 cm³/mol. The van der Waals surface area contributed by atoms with E-state index in [1.54, 1.807) is 4.31 Å². The van der Waals surface area contributed by atoms with Gasteiger partial charge < -0.3 is 19.9 Å². The van der Waals surface area contributed by atoms with Crippen molar-refractivity contribution in [2.45, 2.75) is 34.1 Å². The van der Waals surface area contributed by atoms with E-state index in [0.29, 0.717) is 31.7 Å². The Balaban J connectivity index is 1.95. The number of benzene rings is 1. The smallest absolute Gasteiger partial charge is 0.446 e. The van der Waals surface area contributed by atoms with E-state index in [0.717, 1.165) is 0 Å². The second kappa shape index (κ2) is 10.8. The van der Waals surface area contributed by atoms with Gasteiger partial charge in [0, 0.05) is 32.2 Å². The van der Waals surface area contributed by atoms with Gasteiger partial charge in [0.15, 0.2) is 4.75 Å². The zero-order valence-corrected chi connectivity index (χ0v) is 18.3. The first-order chi connectivity index (χ1) is 14.1. The maximum Gasteiger partial charge on any atom is 0.446 e. The second-order valence-corrected chi connectivity index (χ2v) is 9.67. The highest BCUT2D eigenvalue weighted by Gasteiger charge is 2.47. The Morgan fingerprint density at radius 1 is 1.17 bits per heavy atom. The monoisotopic (exact) mass is 470 g/mol. The zero-order chi connectivity index (χ0) is 22.4. The third kappa shape index (κ3) is 6.58. The molecule has 1 aromatic rings. The lowest BCUT2D eigenvalue weighted by Crippen LogP contribution is -2.59. The van der Waals surface area contributed by atoms with Crippen LogP contribution in [0.1, 0.15) is 12.8 Å². The van der Waals surface area contributed by atoms with Crippen molar-refractivity contribution in [2.24, 2.45) is 5.73 Å². The fourth-order valence-electron chi connectivity index (χ4n) is 3.11. The number of amides is 1. The largest absolute Gasteiger partial charge is 0.490 e. The first kappa shape index (κ1) is 24.9. The van der Waals surface area contributed by atoms with Crippen molar-refractivity contribution in [3.63, 3.8) is 0 Å². The van der Waals surface area contributed by atoms with Crippen LogP contribution in [0.25, 0.3) is 0 Å². The fourth-order valence-corrected chi connectivity index (χ4v) is 5.30. The molecule has 0 bridgehead atoms. The summed E-state index contributed by atoms with van der Waals surface area (Å²) in [5, 5.41) is 0. The molecule has 1 saturated heterocycles. The van der Waals surface area contributed by atoms with Crippen LogP contribution in [0.15, 0.2) is 29.2 Å². The molecule has 0 aromatic heterocycles. The van der Waals surface area contributed by atoms with Gasteiger partial charge in [-0.25, -0.2) is 8.51 Å². The Labute approximate surface area is 180 Å². The van der Waals surface area contributed by atoms with Crippen LogP contribution >= 0.6 is 11.8 Å². The highest BCUT2D eigenvalue weighted by atomic mass is 32.2. The lowest BCUT2D eigenvalue weighted by molar-refractivity contribution is -0.123. The summed E-state index contributed by atoms with van der Waals surface area (Å²) in [5.41, 5.74) is 1.18. The molecule has 1 aliphatic heterocycles. The summed E-state index contributed by atoms with van der Waals surface area (Å²) in [5.74, 6) is -0.300. The Bertz CT molecular complexity index is 720. The van der Waals surface area contributed by atoms with Gasteiger partial charge in [-0.1, -0.05) is 0 Å². The SMILES string of the molecule is COCC(COC)(C(N)=O)S(=O)N1CCC(Oc2ccc(SC(F)(F)F)cc2)CC1. The minimum Gasteiger partial charge on any atom is -0.490 e. The quantitative estimate of drug-likeness (QED) is 0.528. The van der Waals surface area contributed by atoms with Crippen molar-refractivity contribution in [1.82, 2.24) is 4.31 Å². The molecule has 12 heteroatoms. The van der Waals surface area contributed by atoms with Crippen LogP contribution in [0, 0.1) is 0 Å². The third-order valence-corrected chi connectivity index (χ3v) is 7.21. The predicted octanol–water partition coefficient (Wildman–Crippen LogP) is 2.32. The molecule has 0 spiro atoms. The number of methoxy groups -OCH3 is 2. The number of primary amides is 1. The molecular formula is C18H25F3N2O5S2. The highest BCUT2D eigenvalue weighted by molar-refractivity contribution is 8.00. The molecule has 1 aromatic carbocycles. The molecule has 2 N–H and O–H groups in total. The second-order valence-electron chi connectivity index (χ2n) is 6.74. The van der Waals surface area contributed by atoms with Gasteiger partial charge in [-0.15, -0.1) is 0 Å². The molecular weight excluding hydrogens is 445 g/mol. The zero-order valence-electron chi connectivity index (χ0n) is 16.6. The number of nitrogens with two attached hydrogens (primary N) is 1. The van der Waals surface area contributed by atoms with Crippen LogP contribution in [-0.4, -0.2) is 71.3 Å². The van der Waals surface area contributed by atoms with Crippen LogP contribution in [0.2, 0.25) is 0 Å². The molecule has 1 fully saturated rings. The van der Waals surface area contributed by atoms with Crippen LogP contribution < -0.4 is 10.5 Å². The summed E-state index contributed by atoms with van der Waals surface area (Å²) in [4.78, 5) is 12.1. The van der Waals surface area contributed by atoms with Crippen molar-refractivity contribution >= 4 is 28.7 Å². The Morgan fingerprint density at radius 2 is 1.70 bits per heavy atom. The number of ether oxygens (including phenoxy) is 3. The number of alkyl halides is 3. The molecule has 1 atom stereocenters.